The van der Waals surface area contributed by atoms with Gasteiger partial charge in [0.1, 0.15) is 12.2 Å². The Kier molecular flexibility index (Phi) is 4.93. The van der Waals surface area contributed by atoms with Gasteiger partial charge in [0.2, 0.25) is 0 Å². The topological polar surface area (TPSA) is 74.2 Å². The Hall–Kier alpha value is -0.950. The first-order chi connectivity index (χ1) is 9.10. The fourth-order valence-corrected chi connectivity index (χ4v) is 2.21. The van der Waals surface area contributed by atoms with E-state index in [1.807, 2.05) is 19.1 Å². The summed E-state index contributed by atoms with van der Waals surface area (Å²) in [6, 6.07) is 0. The van der Waals surface area contributed by atoms with Crippen LogP contribution in [0.5, 0.6) is 0 Å². The van der Waals surface area contributed by atoms with Crippen LogP contribution >= 0.6 is 0 Å². The van der Waals surface area contributed by atoms with Crippen LogP contribution in [0, 0.1) is 0 Å². The average molecular weight is 272 g/mol. The third-order valence-corrected chi connectivity index (χ3v) is 3.29. The van der Waals surface area contributed by atoms with Crippen molar-refractivity contribution in [3.63, 3.8) is 0 Å². The van der Waals surface area contributed by atoms with Gasteiger partial charge in [0.15, 0.2) is 6.29 Å². The maximum Gasteiger partial charge on any atom is 0.308 e. The second-order valence-electron chi connectivity index (χ2n) is 4.73. The van der Waals surface area contributed by atoms with Gasteiger partial charge in [-0.25, -0.2) is 0 Å². The number of aliphatic hydroxyl groups is 1. The van der Waals surface area contributed by atoms with Gasteiger partial charge in [-0.15, -0.1) is 0 Å². The molecule has 2 heterocycles. The molecule has 2 aliphatic heterocycles. The van der Waals surface area contributed by atoms with Crippen LogP contribution in [0.3, 0.4) is 0 Å². The second kappa shape index (κ2) is 6.47. The van der Waals surface area contributed by atoms with E-state index < -0.39 is 18.2 Å². The highest BCUT2D eigenvalue weighted by atomic mass is 16.7. The highest BCUT2D eigenvalue weighted by Gasteiger charge is 2.35. The number of hydrogen-bond acceptors (Lipinski definition) is 6. The molecular formula is C13H20O6. The first kappa shape index (κ1) is 14.5. The van der Waals surface area contributed by atoms with Crippen molar-refractivity contribution in [3.05, 3.63) is 12.2 Å². The third-order valence-electron chi connectivity index (χ3n) is 3.29. The molecule has 0 bridgehead atoms. The Morgan fingerprint density at radius 3 is 3.00 bits per heavy atom. The van der Waals surface area contributed by atoms with E-state index in [9.17, 15) is 9.90 Å². The SMILES string of the molecule is COC(=O)C[C@@H]1O[C@@H]2CO[C@@H](C)O[C@H]2/C=C\C[C@H]1O. The Balaban J connectivity index is 2.05. The number of carbonyl (C=O) groups excluding carboxylic acids is 1. The first-order valence-corrected chi connectivity index (χ1v) is 6.44. The van der Waals surface area contributed by atoms with E-state index in [4.69, 9.17) is 14.2 Å². The van der Waals surface area contributed by atoms with Gasteiger partial charge in [0.05, 0.1) is 32.3 Å². The summed E-state index contributed by atoms with van der Waals surface area (Å²) < 4.78 is 21.4. The number of rotatable bonds is 2. The van der Waals surface area contributed by atoms with Crippen molar-refractivity contribution in [2.24, 2.45) is 0 Å². The van der Waals surface area contributed by atoms with E-state index in [1.165, 1.54) is 7.11 Å². The fraction of sp³-hybridized carbons (Fsp3) is 0.769. The normalized spacial score (nSPS) is 40.7. The summed E-state index contributed by atoms with van der Waals surface area (Å²) in [5.41, 5.74) is 0. The summed E-state index contributed by atoms with van der Waals surface area (Å²) in [7, 11) is 1.31. The predicted octanol–water partition coefficient (Wildman–Crippen LogP) is 0.385. The Morgan fingerprint density at radius 2 is 2.26 bits per heavy atom. The maximum atomic E-state index is 11.3. The van der Waals surface area contributed by atoms with Crippen LogP contribution in [0.4, 0.5) is 0 Å². The quantitative estimate of drug-likeness (QED) is 0.579. The molecule has 1 fully saturated rings. The molecule has 0 amide bonds. The lowest BCUT2D eigenvalue weighted by molar-refractivity contribution is -0.256. The summed E-state index contributed by atoms with van der Waals surface area (Å²) in [5.74, 6) is -0.406. The van der Waals surface area contributed by atoms with Crippen LogP contribution in [0.2, 0.25) is 0 Å². The number of carbonyl (C=O) groups is 1. The molecule has 0 aromatic heterocycles. The van der Waals surface area contributed by atoms with Gasteiger partial charge in [-0.2, -0.15) is 0 Å². The van der Waals surface area contributed by atoms with Crippen LogP contribution in [0.25, 0.3) is 0 Å². The molecule has 0 spiro atoms. The van der Waals surface area contributed by atoms with E-state index >= 15 is 0 Å². The van der Waals surface area contributed by atoms with Gasteiger partial charge in [0, 0.05) is 0 Å². The molecule has 0 aromatic rings. The second-order valence-corrected chi connectivity index (χ2v) is 4.73. The molecule has 2 rings (SSSR count). The molecule has 1 saturated heterocycles. The first-order valence-electron chi connectivity index (χ1n) is 6.44. The highest BCUT2D eigenvalue weighted by molar-refractivity contribution is 5.69. The minimum absolute atomic E-state index is 0.0181. The number of ether oxygens (including phenoxy) is 4. The largest absolute Gasteiger partial charge is 0.469 e. The van der Waals surface area contributed by atoms with E-state index in [2.05, 4.69) is 4.74 Å². The molecule has 0 aromatic carbocycles. The van der Waals surface area contributed by atoms with Crippen molar-refractivity contribution in [2.75, 3.05) is 13.7 Å². The molecule has 19 heavy (non-hydrogen) atoms. The molecule has 6 nitrogen and oxygen atoms in total. The van der Waals surface area contributed by atoms with Crippen LogP contribution < -0.4 is 0 Å². The van der Waals surface area contributed by atoms with Gasteiger partial charge in [-0.05, 0) is 13.3 Å². The summed E-state index contributed by atoms with van der Waals surface area (Å²) in [6.07, 6.45) is 2.01. The van der Waals surface area contributed by atoms with Crippen molar-refractivity contribution in [2.45, 2.75) is 50.5 Å². The molecule has 2 aliphatic rings. The third kappa shape index (κ3) is 3.76. The zero-order valence-electron chi connectivity index (χ0n) is 11.2. The standard InChI is InChI=1S/C13H20O6/c1-8-17-7-12-10(18-8)5-3-4-9(14)11(19-12)6-13(15)16-2/h3,5,8-12,14H,4,6-7H2,1-2H3/b5-3-/t8-,9-,10+,11+,12-/m1/s1. The Bertz CT molecular complexity index is 342. The molecule has 0 aliphatic carbocycles. The molecule has 5 atom stereocenters. The molecule has 1 N–H and O–H groups in total. The van der Waals surface area contributed by atoms with Gasteiger partial charge in [0.25, 0.3) is 0 Å². The van der Waals surface area contributed by atoms with E-state index in [-0.39, 0.29) is 24.9 Å². The van der Waals surface area contributed by atoms with Crippen molar-refractivity contribution in [3.8, 4) is 0 Å². The van der Waals surface area contributed by atoms with Crippen molar-refractivity contribution in [1.29, 1.82) is 0 Å². The number of esters is 1. The molecule has 0 radical (unpaired) electrons. The van der Waals surface area contributed by atoms with Gasteiger partial charge in [-0.1, -0.05) is 12.2 Å². The van der Waals surface area contributed by atoms with Crippen LogP contribution in [-0.4, -0.2) is 55.5 Å². The lowest BCUT2D eigenvalue weighted by Gasteiger charge is -2.37. The molecular weight excluding hydrogens is 252 g/mol. The lowest BCUT2D eigenvalue weighted by Crippen LogP contribution is -2.48. The summed E-state index contributed by atoms with van der Waals surface area (Å²) in [5, 5.41) is 9.99. The van der Waals surface area contributed by atoms with E-state index in [0.29, 0.717) is 13.0 Å². The molecule has 6 heteroatoms. The number of fused-ring (bicyclic) bond motifs is 1. The van der Waals surface area contributed by atoms with Crippen molar-refractivity contribution in [1.82, 2.24) is 0 Å². The Morgan fingerprint density at radius 1 is 1.47 bits per heavy atom. The molecule has 0 unspecified atom stereocenters. The van der Waals surface area contributed by atoms with E-state index in [1.54, 1.807) is 0 Å². The van der Waals surface area contributed by atoms with E-state index in [0.717, 1.165) is 0 Å². The summed E-state index contributed by atoms with van der Waals surface area (Å²) >= 11 is 0. The minimum Gasteiger partial charge on any atom is -0.469 e. The number of aliphatic hydroxyl groups excluding tert-OH is 1. The van der Waals surface area contributed by atoms with Crippen molar-refractivity contribution >= 4 is 5.97 Å². The summed E-state index contributed by atoms with van der Waals surface area (Å²) in [6.45, 7) is 2.20. The minimum atomic E-state index is -0.740. The van der Waals surface area contributed by atoms with Crippen LogP contribution in [-0.2, 0) is 23.7 Å². The molecule has 108 valence electrons. The smallest absolute Gasteiger partial charge is 0.308 e. The fourth-order valence-electron chi connectivity index (χ4n) is 2.21. The highest BCUT2D eigenvalue weighted by Crippen LogP contribution is 2.23. The van der Waals surface area contributed by atoms with Gasteiger partial charge >= 0.3 is 5.97 Å². The van der Waals surface area contributed by atoms with Crippen LogP contribution in [0.15, 0.2) is 12.2 Å². The zero-order valence-corrected chi connectivity index (χ0v) is 11.2. The predicted molar refractivity (Wildman–Crippen MR) is 65.3 cm³/mol. The lowest BCUT2D eigenvalue weighted by atomic mass is 10.0. The number of methoxy groups -OCH3 is 1. The summed E-state index contributed by atoms with van der Waals surface area (Å²) in [4.78, 5) is 11.3. The monoisotopic (exact) mass is 272 g/mol. The Labute approximate surface area is 112 Å². The maximum absolute atomic E-state index is 11.3. The van der Waals surface area contributed by atoms with Gasteiger partial charge < -0.3 is 24.1 Å². The van der Waals surface area contributed by atoms with Crippen LogP contribution in [0.1, 0.15) is 19.8 Å². The average Bonchev–Trinajstić information content (AvgIpc) is 2.38. The zero-order chi connectivity index (χ0) is 13.8. The number of hydrogen-bond donors (Lipinski definition) is 1. The molecule has 0 saturated carbocycles. The van der Waals surface area contributed by atoms with Gasteiger partial charge in [-0.3, -0.25) is 4.79 Å². The van der Waals surface area contributed by atoms with Crippen molar-refractivity contribution < 1.29 is 28.8 Å².